The van der Waals surface area contributed by atoms with Gasteiger partial charge < -0.3 is 10.5 Å². The molecule has 0 amide bonds. The Hall–Kier alpha value is -4.38. The molecule has 0 aliphatic heterocycles. The third-order valence-corrected chi connectivity index (χ3v) is 6.42. The lowest BCUT2D eigenvalue weighted by atomic mass is 10.1. The maximum atomic E-state index is 14.0. The van der Waals surface area contributed by atoms with E-state index >= 15 is 0 Å². The largest absolute Gasteiger partial charge is 0.494 e. The standard InChI is InChI=1S/C24H21FN6O3S/c1-27-11-17(10-26)23-14-29-21-5-3-15(8-22(21)30-23)16-7-18(13-28-12-16)31-35(32,33)19-4-6-24(34-2)20(25)9-19/h3-14,31H,26H2,1-2H3. The maximum absolute atomic E-state index is 14.0. The van der Waals surface area contributed by atoms with Crippen LogP contribution in [0.15, 0.2) is 77.1 Å². The minimum Gasteiger partial charge on any atom is -0.494 e. The van der Waals surface area contributed by atoms with Crippen LogP contribution in [-0.2, 0) is 10.0 Å². The van der Waals surface area contributed by atoms with E-state index in [2.05, 4.69) is 24.7 Å². The summed E-state index contributed by atoms with van der Waals surface area (Å²) in [6.45, 7) is 0. The van der Waals surface area contributed by atoms with Crippen LogP contribution in [0.25, 0.3) is 27.7 Å². The number of nitrogens with two attached hydrogens (primary N) is 1. The van der Waals surface area contributed by atoms with Gasteiger partial charge in [0.05, 0.1) is 46.8 Å². The molecule has 0 fully saturated rings. The van der Waals surface area contributed by atoms with Gasteiger partial charge in [0.1, 0.15) is 0 Å². The highest BCUT2D eigenvalue weighted by Gasteiger charge is 2.17. The average molecular weight is 493 g/mol. The summed E-state index contributed by atoms with van der Waals surface area (Å²) in [7, 11) is -1.12. The molecule has 0 radical (unpaired) electrons. The summed E-state index contributed by atoms with van der Waals surface area (Å²) in [6, 6.07) is 10.5. The molecule has 3 N–H and O–H groups in total. The Morgan fingerprint density at radius 1 is 1.09 bits per heavy atom. The number of nitrogens with zero attached hydrogens (tertiary/aromatic N) is 4. The number of fused-ring (bicyclic) bond motifs is 1. The Morgan fingerprint density at radius 2 is 1.91 bits per heavy atom. The third kappa shape index (κ3) is 5.09. The first-order valence-corrected chi connectivity index (χ1v) is 11.8. The number of hydrogen-bond donors (Lipinski definition) is 2. The van der Waals surface area contributed by atoms with Crippen LogP contribution in [0.1, 0.15) is 5.69 Å². The van der Waals surface area contributed by atoms with Crippen LogP contribution in [0.4, 0.5) is 10.1 Å². The average Bonchev–Trinajstić information content (AvgIpc) is 2.86. The topological polar surface area (TPSA) is 132 Å². The van der Waals surface area contributed by atoms with E-state index in [1.165, 1.54) is 31.6 Å². The Labute approximate surface area is 201 Å². The zero-order valence-electron chi connectivity index (χ0n) is 18.8. The number of rotatable bonds is 7. The Morgan fingerprint density at radius 3 is 2.63 bits per heavy atom. The SMILES string of the molecule is CN=CC(=CN)c1cnc2ccc(-c3cncc(NS(=O)(=O)c4ccc(OC)c(F)c4)c3)cc2n1. The summed E-state index contributed by atoms with van der Waals surface area (Å²) in [5.41, 5.74) is 9.76. The van der Waals surface area contributed by atoms with Crippen molar-refractivity contribution in [3.63, 3.8) is 0 Å². The van der Waals surface area contributed by atoms with Gasteiger partial charge in [-0.2, -0.15) is 0 Å². The molecule has 2 aromatic heterocycles. The van der Waals surface area contributed by atoms with Crippen LogP contribution in [0.3, 0.4) is 0 Å². The van der Waals surface area contributed by atoms with Crippen LogP contribution >= 0.6 is 0 Å². The number of methoxy groups -OCH3 is 1. The molecule has 0 aliphatic carbocycles. The van der Waals surface area contributed by atoms with Crippen molar-refractivity contribution in [2.24, 2.45) is 10.7 Å². The summed E-state index contributed by atoms with van der Waals surface area (Å²) >= 11 is 0. The van der Waals surface area contributed by atoms with Crippen molar-refractivity contribution in [1.82, 2.24) is 15.0 Å². The molecule has 35 heavy (non-hydrogen) atoms. The van der Waals surface area contributed by atoms with Crippen molar-refractivity contribution in [3.05, 3.63) is 78.8 Å². The van der Waals surface area contributed by atoms with Gasteiger partial charge in [-0.3, -0.25) is 19.7 Å². The van der Waals surface area contributed by atoms with Gasteiger partial charge in [-0.15, -0.1) is 0 Å². The lowest BCUT2D eigenvalue weighted by molar-refractivity contribution is 0.385. The van der Waals surface area contributed by atoms with Gasteiger partial charge in [-0.05, 0) is 42.0 Å². The number of aliphatic imine (C=N–C) groups is 1. The maximum Gasteiger partial charge on any atom is 0.262 e. The molecule has 0 unspecified atom stereocenters. The highest BCUT2D eigenvalue weighted by molar-refractivity contribution is 7.92. The molecule has 9 nitrogen and oxygen atoms in total. The fraction of sp³-hybridized carbons (Fsp3) is 0.0833. The van der Waals surface area contributed by atoms with E-state index in [9.17, 15) is 12.8 Å². The minimum atomic E-state index is -4.06. The van der Waals surface area contributed by atoms with Crippen molar-refractivity contribution in [3.8, 4) is 16.9 Å². The Bertz CT molecular complexity index is 1570. The summed E-state index contributed by atoms with van der Waals surface area (Å²) in [4.78, 5) is 16.9. The van der Waals surface area contributed by atoms with Crippen molar-refractivity contribution in [2.45, 2.75) is 4.90 Å². The number of sulfonamides is 1. The number of aromatic nitrogens is 3. The predicted molar refractivity (Wildman–Crippen MR) is 133 cm³/mol. The zero-order valence-corrected chi connectivity index (χ0v) is 19.6. The Balaban J connectivity index is 1.66. The second kappa shape index (κ2) is 9.85. The van der Waals surface area contributed by atoms with E-state index < -0.39 is 15.8 Å². The first-order valence-electron chi connectivity index (χ1n) is 10.3. The fourth-order valence-electron chi connectivity index (χ4n) is 3.35. The van der Waals surface area contributed by atoms with E-state index in [1.54, 1.807) is 37.8 Å². The number of anilines is 1. The number of benzene rings is 2. The first kappa shape index (κ1) is 23.8. The molecule has 2 aromatic carbocycles. The molecule has 0 spiro atoms. The summed E-state index contributed by atoms with van der Waals surface area (Å²) in [5, 5.41) is 0. The van der Waals surface area contributed by atoms with Crippen molar-refractivity contribution in [1.29, 1.82) is 0 Å². The van der Waals surface area contributed by atoms with Crippen molar-refractivity contribution < 1.29 is 17.5 Å². The minimum absolute atomic E-state index is 0.0498. The molecular weight excluding hydrogens is 471 g/mol. The second-order valence-corrected chi connectivity index (χ2v) is 9.01. The molecule has 0 saturated carbocycles. The van der Waals surface area contributed by atoms with Crippen LogP contribution in [-0.4, -0.2) is 43.7 Å². The molecule has 2 heterocycles. The number of pyridine rings is 1. The molecule has 0 saturated heterocycles. The molecule has 0 atom stereocenters. The van der Waals surface area contributed by atoms with Crippen molar-refractivity contribution in [2.75, 3.05) is 18.9 Å². The molecule has 0 aliphatic rings. The van der Waals surface area contributed by atoms with Gasteiger partial charge in [0, 0.05) is 36.8 Å². The van der Waals surface area contributed by atoms with Gasteiger partial charge in [0.15, 0.2) is 11.6 Å². The monoisotopic (exact) mass is 492 g/mol. The number of allylic oxidation sites excluding steroid dienone is 1. The zero-order chi connectivity index (χ0) is 25.0. The molecule has 178 valence electrons. The summed E-state index contributed by atoms with van der Waals surface area (Å²) < 4.78 is 46.8. The quantitative estimate of drug-likeness (QED) is 0.376. The van der Waals surface area contributed by atoms with E-state index in [-0.39, 0.29) is 16.3 Å². The Kier molecular flexibility index (Phi) is 6.69. The number of hydrogen-bond acceptors (Lipinski definition) is 8. The normalized spacial score (nSPS) is 12.3. The van der Waals surface area contributed by atoms with Crippen LogP contribution < -0.4 is 15.2 Å². The molecule has 11 heteroatoms. The van der Waals surface area contributed by atoms with Gasteiger partial charge in [0.2, 0.25) is 0 Å². The smallest absolute Gasteiger partial charge is 0.262 e. The second-order valence-electron chi connectivity index (χ2n) is 7.33. The lowest BCUT2D eigenvalue weighted by Gasteiger charge is -2.11. The predicted octanol–water partition coefficient (Wildman–Crippen LogP) is 3.64. The molecule has 4 rings (SSSR count). The van der Waals surface area contributed by atoms with E-state index in [4.69, 9.17) is 10.5 Å². The van der Waals surface area contributed by atoms with E-state index in [0.717, 1.165) is 11.6 Å². The first-order chi connectivity index (χ1) is 16.8. The highest BCUT2D eigenvalue weighted by Crippen LogP contribution is 2.27. The van der Waals surface area contributed by atoms with Crippen LogP contribution in [0.5, 0.6) is 5.75 Å². The van der Waals surface area contributed by atoms with Gasteiger partial charge >= 0.3 is 0 Å². The number of ether oxygens (including phenoxy) is 1. The van der Waals surface area contributed by atoms with Gasteiger partial charge in [-0.25, -0.2) is 17.8 Å². The number of nitrogens with one attached hydrogen (secondary N) is 1. The lowest BCUT2D eigenvalue weighted by Crippen LogP contribution is -2.13. The molecule has 4 aromatic rings. The van der Waals surface area contributed by atoms with Crippen LogP contribution in [0.2, 0.25) is 0 Å². The summed E-state index contributed by atoms with van der Waals surface area (Å²) in [5.74, 6) is -0.831. The summed E-state index contributed by atoms with van der Waals surface area (Å²) in [6.07, 6.45) is 7.57. The van der Waals surface area contributed by atoms with E-state index in [1.807, 2.05) is 12.1 Å². The fourth-order valence-corrected chi connectivity index (χ4v) is 4.39. The highest BCUT2D eigenvalue weighted by atomic mass is 32.2. The number of halogens is 1. The van der Waals surface area contributed by atoms with Crippen LogP contribution in [0, 0.1) is 5.82 Å². The molecular formula is C24H21FN6O3S. The third-order valence-electron chi connectivity index (χ3n) is 5.04. The molecule has 0 bridgehead atoms. The van der Waals surface area contributed by atoms with Gasteiger partial charge in [-0.1, -0.05) is 6.07 Å². The van der Waals surface area contributed by atoms with Crippen molar-refractivity contribution >= 4 is 38.5 Å². The van der Waals surface area contributed by atoms with Gasteiger partial charge in [0.25, 0.3) is 10.0 Å². The van der Waals surface area contributed by atoms with E-state index in [0.29, 0.717) is 27.9 Å².